The van der Waals surface area contributed by atoms with Crippen LogP contribution in [0, 0.1) is 20.8 Å². The van der Waals surface area contributed by atoms with Crippen molar-refractivity contribution in [3.63, 3.8) is 0 Å². The van der Waals surface area contributed by atoms with Crippen LogP contribution in [-0.4, -0.2) is 39.9 Å². The van der Waals surface area contributed by atoms with Crippen LogP contribution in [0.15, 0.2) is 6.07 Å². The molecular weight excluding hydrogens is 369 g/mol. The Hall–Kier alpha value is -0.530. The maximum absolute atomic E-state index is 9.90. The summed E-state index contributed by atoms with van der Waals surface area (Å²) >= 11 is 2.31. The van der Waals surface area contributed by atoms with E-state index in [1.54, 1.807) is 0 Å². The Balaban J connectivity index is 2.58. The fourth-order valence-electron chi connectivity index (χ4n) is 1.82. The van der Waals surface area contributed by atoms with Crippen LogP contribution in [0.3, 0.4) is 0 Å². The maximum atomic E-state index is 9.90. The van der Waals surface area contributed by atoms with Crippen molar-refractivity contribution in [1.82, 2.24) is 5.32 Å². The van der Waals surface area contributed by atoms with Crippen LogP contribution in [0.5, 0.6) is 11.5 Å². The van der Waals surface area contributed by atoms with E-state index in [0.29, 0.717) is 18.3 Å². The third-order valence-corrected chi connectivity index (χ3v) is 4.69. The minimum absolute atomic E-state index is 0.242. The molecule has 3 N–H and O–H groups in total. The number of phenolic OH excluding ortho intramolecular Hbond substituents is 1. The van der Waals surface area contributed by atoms with Crippen molar-refractivity contribution >= 4 is 22.6 Å². The van der Waals surface area contributed by atoms with Gasteiger partial charge in [-0.25, -0.2) is 0 Å². The van der Waals surface area contributed by atoms with Crippen molar-refractivity contribution in [1.29, 1.82) is 0 Å². The highest BCUT2D eigenvalue weighted by molar-refractivity contribution is 14.1. The van der Waals surface area contributed by atoms with E-state index in [4.69, 9.17) is 4.74 Å². The van der Waals surface area contributed by atoms with Gasteiger partial charge in [-0.1, -0.05) is 22.6 Å². The fourth-order valence-corrected chi connectivity index (χ4v) is 2.13. The number of hydrogen-bond acceptors (Lipinski definition) is 4. The van der Waals surface area contributed by atoms with Crippen molar-refractivity contribution in [2.75, 3.05) is 17.6 Å². The van der Waals surface area contributed by atoms with Gasteiger partial charge in [-0.2, -0.15) is 0 Å². The molecule has 4 nitrogen and oxygen atoms in total. The van der Waals surface area contributed by atoms with Gasteiger partial charge in [-0.3, -0.25) is 0 Å². The first-order valence-corrected chi connectivity index (χ1v) is 8.29. The Morgan fingerprint density at radius 3 is 2.55 bits per heavy atom. The lowest BCUT2D eigenvalue weighted by atomic mass is 10.0. The van der Waals surface area contributed by atoms with Gasteiger partial charge in [0.05, 0.1) is 0 Å². The second-order valence-corrected chi connectivity index (χ2v) is 6.10. The van der Waals surface area contributed by atoms with Crippen LogP contribution in [0.1, 0.15) is 23.6 Å². The van der Waals surface area contributed by atoms with Crippen molar-refractivity contribution in [2.24, 2.45) is 0 Å². The Kier molecular flexibility index (Phi) is 7.05. The number of aryl methyl sites for hydroxylation is 1. The normalized spacial score (nSPS) is 14.1. The molecule has 1 aromatic rings. The van der Waals surface area contributed by atoms with Gasteiger partial charge < -0.3 is 20.3 Å². The van der Waals surface area contributed by atoms with Gasteiger partial charge in [0.2, 0.25) is 0 Å². The van der Waals surface area contributed by atoms with Gasteiger partial charge in [0.25, 0.3) is 0 Å². The number of aliphatic hydroxyl groups is 1. The Bertz CT molecular complexity index is 451. The molecule has 0 aliphatic heterocycles. The third kappa shape index (κ3) is 4.79. The largest absolute Gasteiger partial charge is 0.507 e. The molecule has 0 spiro atoms. The zero-order chi connectivity index (χ0) is 15.3. The number of ether oxygens (including phenoxy) is 1. The number of benzene rings is 1. The number of rotatable bonds is 7. The van der Waals surface area contributed by atoms with Gasteiger partial charge >= 0.3 is 0 Å². The number of halogens is 1. The molecule has 2 unspecified atom stereocenters. The van der Waals surface area contributed by atoms with E-state index in [2.05, 4.69) is 34.8 Å². The predicted molar refractivity (Wildman–Crippen MR) is 90.2 cm³/mol. The molecular formula is C15H24INO3. The standard InChI is InChI=1S/C15H24INO3/c1-9-5-14(11(3)12(4)15(9)19)20-8-13(18)7-17-10(2)6-16/h5,10,13,17-19H,6-8H2,1-4H3. The summed E-state index contributed by atoms with van der Waals surface area (Å²) in [4.78, 5) is 0. The van der Waals surface area contributed by atoms with Gasteiger partial charge in [0.1, 0.15) is 24.2 Å². The second-order valence-electron chi connectivity index (χ2n) is 5.22. The average molecular weight is 393 g/mol. The smallest absolute Gasteiger partial charge is 0.123 e. The Labute approximate surface area is 134 Å². The number of hydrogen-bond donors (Lipinski definition) is 3. The molecule has 1 aromatic carbocycles. The number of alkyl halides is 1. The van der Waals surface area contributed by atoms with E-state index in [-0.39, 0.29) is 6.61 Å². The highest BCUT2D eigenvalue weighted by Crippen LogP contribution is 2.31. The van der Waals surface area contributed by atoms with Crippen LogP contribution in [0.2, 0.25) is 0 Å². The van der Waals surface area contributed by atoms with Gasteiger partial charge in [-0.15, -0.1) is 0 Å². The Morgan fingerprint density at radius 1 is 1.30 bits per heavy atom. The lowest BCUT2D eigenvalue weighted by Crippen LogP contribution is -2.37. The number of aromatic hydroxyl groups is 1. The molecule has 0 bridgehead atoms. The molecule has 0 radical (unpaired) electrons. The van der Waals surface area contributed by atoms with Crippen molar-refractivity contribution in [3.8, 4) is 11.5 Å². The summed E-state index contributed by atoms with van der Waals surface area (Å²) in [6.07, 6.45) is -0.547. The molecule has 0 fully saturated rings. The van der Waals surface area contributed by atoms with E-state index in [0.717, 1.165) is 26.9 Å². The topological polar surface area (TPSA) is 61.7 Å². The average Bonchev–Trinajstić information content (AvgIpc) is 2.44. The summed E-state index contributed by atoms with van der Waals surface area (Å²) in [5.74, 6) is 1.03. The highest BCUT2D eigenvalue weighted by atomic mass is 127. The van der Waals surface area contributed by atoms with Crippen LogP contribution < -0.4 is 10.1 Å². The fraction of sp³-hybridized carbons (Fsp3) is 0.600. The lowest BCUT2D eigenvalue weighted by Gasteiger charge is -2.18. The molecule has 1 rings (SSSR count). The van der Waals surface area contributed by atoms with Crippen LogP contribution in [-0.2, 0) is 0 Å². The lowest BCUT2D eigenvalue weighted by molar-refractivity contribution is 0.104. The molecule has 0 aromatic heterocycles. The van der Waals surface area contributed by atoms with Crippen molar-refractivity contribution in [2.45, 2.75) is 39.8 Å². The zero-order valence-corrected chi connectivity index (χ0v) is 14.7. The molecule has 2 atom stereocenters. The molecule has 114 valence electrons. The highest BCUT2D eigenvalue weighted by Gasteiger charge is 2.12. The quantitative estimate of drug-likeness (QED) is 0.492. The SMILES string of the molecule is Cc1cc(OCC(O)CNC(C)CI)c(C)c(C)c1O. The minimum atomic E-state index is -0.547. The summed E-state index contributed by atoms with van der Waals surface area (Å²) in [5.41, 5.74) is 2.52. The maximum Gasteiger partial charge on any atom is 0.123 e. The first kappa shape index (κ1) is 17.5. The molecule has 5 heteroatoms. The number of phenols is 1. The van der Waals surface area contributed by atoms with Gasteiger partial charge in [0.15, 0.2) is 0 Å². The second kappa shape index (κ2) is 8.05. The summed E-state index contributed by atoms with van der Waals surface area (Å²) in [7, 11) is 0. The molecule has 0 heterocycles. The first-order chi connectivity index (χ1) is 9.36. The van der Waals surface area contributed by atoms with Crippen molar-refractivity contribution in [3.05, 3.63) is 22.8 Å². The van der Waals surface area contributed by atoms with E-state index in [1.807, 2.05) is 26.8 Å². The third-order valence-electron chi connectivity index (χ3n) is 3.37. The molecule has 0 aliphatic rings. The van der Waals surface area contributed by atoms with Crippen LogP contribution in [0.4, 0.5) is 0 Å². The van der Waals surface area contributed by atoms with Crippen LogP contribution in [0.25, 0.3) is 0 Å². The van der Waals surface area contributed by atoms with E-state index in [1.165, 1.54) is 0 Å². The van der Waals surface area contributed by atoms with E-state index in [9.17, 15) is 10.2 Å². The van der Waals surface area contributed by atoms with Crippen LogP contribution >= 0.6 is 22.6 Å². The predicted octanol–water partition coefficient (Wildman–Crippen LogP) is 2.47. The Morgan fingerprint density at radius 2 is 1.95 bits per heavy atom. The summed E-state index contributed by atoms with van der Waals surface area (Å²) in [6.45, 7) is 8.45. The number of aliphatic hydroxyl groups excluding tert-OH is 1. The molecule has 20 heavy (non-hydrogen) atoms. The van der Waals surface area contributed by atoms with Gasteiger partial charge in [0, 0.05) is 17.0 Å². The molecule has 0 aliphatic carbocycles. The zero-order valence-electron chi connectivity index (χ0n) is 12.5. The molecule has 0 amide bonds. The van der Waals surface area contributed by atoms with E-state index >= 15 is 0 Å². The molecule has 0 saturated heterocycles. The number of nitrogens with one attached hydrogen (secondary N) is 1. The monoisotopic (exact) mass is 393 g/mol. The summed E-state index contributed by atoms with van der Waals surface area (Å²) in [5, 5.41) is 23.0. The summed E-state index contributed by atoms with van der Waals surface area (Å²) in [6, 6.07) is 2.19. The summed E-state index contributed by atoms with van der Waals surface area (Å²) < 4.78 is 6.68. The van der Waals surface area contributed by atoms with Gasteiger partial charge in [-0.05, 0) is 50.5 Å². The van der Waals surface area contributed by atoms with E-state index < -0.39 is 6.10 Å². The van der Waals surface area contributed by atoms with Crippen molar-refractivity contribution < 1.29 is 14.9 Å². The minimum Gasteiger partial charge on any atom is -0.507 e. The molecule has 0 saturated carbocycles. The first-order valence-electron chi connectivity index (χ1n) is 6.76.